The molecule has 0 aliphatic carbocycles. The first kappa shape index (κ1) is 15.5. The standard InChI is InChI=1S/C12H19N3O3S/c1-4-14-12(16)9(2)15-19(17,18)11-8-6-5-7-10(11)13-3/h5-9,13,15H,4H2,1-3H3,(H,14,16). The van der Waals surface area contributed by atoms with Crippen LogP contribution in [0.5, 0.6) is 0 Å². The molecule has 0 aliphatic rings. The smallest absolute Gasteiger partial charge is 0.243 e. The highest BCUT2D eigenvalue weighted by molar-refractivity contribution is 7.89. The van der Waals surface area contributed by atoms with Crippen LogP contribution in [-0.2, 0) is 14.8 Å². The predicted molar refractivity (Wildman–Crippen MR) is 74.5 cm³/mol. The van der Waals surface area contributed by atoms with Crippen LogP contribution in [0.15, 0.2) is 29.2 Å². The van der Waals surface area contributed by atoms with Crippen molar-refractivity contribution in [1.29, 1.82) is 0 Å². The Morgan fingerprint density at radius 3 is 2.53 bits per heavy atom. The molecule has 1 aromatic carbocycles. The average molecular weight is 285 g/mol. The third kappa shape index (κ3) is 3.93. The third-order valence-electron chi connectivity index (χ3n) is 2.52. The molecule has 6 nitrogen and oxygen atoms in total. The summed E-state index contributed by atoms with van der Waals surface area (Å²) in [6.45, 7) is 3.73. The van der Waals surface area contributed by atoms with E-state index in [9.17, 15) is 13.2 Å². The summed E-state index contributed by atoms with van der Waals surface area (Å²) in [6.07, 6.45) is 0. The zero-order valence-corrected chi connectivity index (χ0v) is 12.0. The number of rotatable bonds is 6. The number of carbonyl (C=O) groups is 1. The minimum atomic E-state index is -3.74. The molecule has 0 saturated carbocycles. The molecule has 1 amide bonds. The zero-order chi connectivity index (χ0) is 14.5. The Balaban J connectivity index is 2.96. The number of para-hydroxylation sites is 1. The van der Waals surface area contributed by atoms with E-state index < -0.39 is 16.1 Å². The molecule has 0 spiro atoms. The van der Waals surface area contributed by atoms with Gasteiger partial charge in [0, 0.05) is 13.6 Å². The molecule has 7 heteroatoms. The van der Waals surface area contributed by atoms with Gasteiger partial charge in [0.05, 0.1) is 11.7 Å². The van der Waals surface area contributed by atoms with Gasteiger partial charge in [0.15, 0.2) is 0 Å². The topological polar surface area (TPSA) is 87.3 Å². The fourth-order valence-electron chi connectivity index (χ4n) is 1.58. The van der Waals surface area contributed by atoms with Gasteiger partial charge in [-0.3, -0.25) is 4.79 Å². The molecular weight excluding hydrogens is 266 g/mol. The van der Waals surface area contributed by atoms with Crippen molar-refractivity contribution in [2.75, 3.05) is 18.9 Å². The third-order valence-corrected chi connectivity index (χ3v) is 4.12. The number of likely N-dealkylation sites (N-methyl/N-ethyl adjacent to an activating group) is 1. The quantitative estimate of drug-likeness (QED) is 0.711. The minimum absolute atomic E-state index is 0.119. The maximum atomic E-state index is 12.2. The molecular formula is C12H19N3O3S. The van der Waals surface area contributed by atoms with Crippen molar-refractivity contribution in [1.82, 2.24) is 10.0 Å². The Bertz CT molecular complexity index is 543. The Kier molecular flexibility index (Phi) is 5.31. The summed E-state index contributed by atoms with van der Waals surface area (Å²) in [5.41, 5.74) is 0.484. The van der Waals surface area contributed by atoms with Crippen LogP contribution in [0, 0.1) is 0 Å². The van der Waals surface area contributed by atoms with Crippen LogP contribution in [0.3, 0.4) is 0 Å². The number of carbonyl (C=O) groups excluding carboxylic acids is 1. The monoisotopic (exact) mass is 285 g/mol. The van der Waals surface area contributed by atoms with E-state index in [0.717, 1.165) is 0 Å². The van der Waals surface area contributed by atoms with Crippen molar-refractivity contribution in [3.05, 3.63) is 24.3 Å². The molecule has 0 fully saturated rings. The first-order valence-electron chi connectivity index (χ1n) is 5.99. The van der Waals surface area contributed by atoms with Crippen LogP contribution in [0.4, 0.5) is 5.69 Å². The summed E-state index contributed by atoms with van der Waals surface area (Å²) in [4.78, 5) is 11.7. The number of nitrogens with one attached hydrogen (secondary N) is 3. The Morgan fingerprint density at radius 1 is 1.32 bits per heavy atom. The van der Waals surface area contributed by atoms with E-state index in [-0.39, 0.29) is 10.8 Å². The lowest BCUT2D eigenvalue weighted by Gasteiger charge is -2.15. The fourth-order valence-corrected chi connectivity index (χ4v) is 3.00. The zero-order valence-electron chi connectivity index (χ0n) is 11.2. The van der Waals surface area contributed by atoms with Crippen LogP contribution in [0.25, 0.3) is 0 Å². The summed E-state index contributed by atoms with van der Waals surface area (Å²) >= 11 is 0. The highest BCUT2D eigenvalue weighted by atomic mass is 32.2. The van der Waals surface area contributed by atoms with E-state index in [1.54, 1.807) is 32.2 Å². The van der Waals surface area contributed by atoms with Crippen molar-refractivity contribution < 1.29 is 13.2 Å². The summed E-state index contributed by atoms with van der Waals surface area (Å²) in [5, 5.41) is 5.38. The highest BCUT2D eigenvalue weighted by Gasteiger charge is 2.23. The lowest BCUT2D eigenvalue weighted by Crippen LogP contribution is -2.44. The Morgan fingerprint density at radius 2 is 1.95 bits per heavy atom. The number of anilines is 1. The van der Waals surface area contributed by atoms with E-state index in [1.165, 1.54) is 13.0 Å². The van der Waals surface area contributed by atoms with Crippen LogP contribution >= 0.6 is 0 Å². The molecule has 1 atom stereocenters. The van der Waals surface area contributed by atoms with Gasteiger partial charge in [-0.2, -0.15) is 4.72 Å². The Labute approximate surface area is 113 Å². The van der Waals surface area contributed by atoms with Gasteiger partial charge in [-0.1, -0.05) is 12.1 Å². The number of hydrogen-bond acceptors (Lipinski definition) is 4. The van der Waals surface area contributed by atoms with Crippen LogP contribution in [-0.4, -0.2) is 34.0 Å². The molecule has 1 unspecified atom stereocenters. The van der Waals surface area contributed by atoms with Crippen molar-refractivity contribution in [2.45, 2.75) is 24.8 Å². The van der Waals surface area contributed by atoms with Gasteiger partial charge >= 0.3 is 0 Å². The maximum absolute atomic E-state index is 12.2. The SMILES string of the molecule is CCNC(=O)C(C)NS(=O)(=O)c1ccccc1NC. The molecule has 0 bridgehead atoms. The summed E-state index contributed by atoms with van der Waals surface area (Å²) in [5.74, 6) is -0.354. The molecule has 0 aromatic heterocycles. The van der Waals surface area contributed by atoms with E-state index in [2.05, 4.69) is 15.4 Å². The molecule has 3 N–H and O–H groups in total. The Hall–Kier alpha value is -1.60. The van der Waals surface area contributed by atoms with Gasteiger partial charge in [0.2, 0.25) is 15.9 Å². The molecule has 19 heavy (non-hydrogen) atoms. The summed E-state index contributed by atoms with van der Waals surface area (Å²) < 4.78 is 26.8. The highest BCUT2D eigenvalue weighted by Crippen LogP contribution is 2.20. The van der Waals surface area contributed by atoms with Gasteiger partial charge in [-0.05, 0) is 26.0 Å². The molecule has 0 radical (unpaired) electrons. The van der Waals surface area contributed by atoms with E-state index in [4.69, 9.17) is 0 Å². The fraction of sp³-hybridized carbons (Fsp3) is 0.417. The van der Waals surface area contributed by atoms with E-state index in [0.29, 0.717) is 12.2 Å². The minimum Gasteiger partial charge on any atom is -0.387 e. The molecule has 106 valence electrons. The van der Waals surface area contributed by atoms with Gasteiger partial charge in [0.25, 0.3) is 0 Å². The second kappa shape index (κ2) is 6.53. The molecule has 0 saturated heterocycles. The van der Waals surface area contributed by atoms with Gasteiger partial charge in [-0.25, -0.2) is 8.42 Å². The number of hydrogen-bond donors (Lipinski definition) is 3. The molecule has 0 heterocycles. The lowest BCUT2D eigenvalue weighted by atomic mass is 10.3. The van der Waals surface area contributed by atoms with E-state index >= 15 is 0 Å². The second-order valence-corrected chi connectivity index (χ2v) is 5.67. The van der Waals surface area contributed by atoms with Crippen molar-refractivity contribution >= 4 is 21.6 Å². The normalized spacial score (nSPS) is 12.8. The van der Waals surface area contributed by atoms with Crippen LogP contribution in [0.1, 0.15) is 13.8 Å². The van der Waals surface area contributed by atoms with Crippen molar-refractivity contribution in [3.63, 3.8) is 0 Å². The molecule has 1 aromatic rings. The van der Waals surface area contributed by atoms with Crippen molar-refractivity contribution in [3.8, 4) is 0 Å². The second-order valence-electron chi connectivity index (χ2n) is 3.98. The summed E-state index contributed by atoms with van der Waals surface area (Å²) in [6, 6.07) is 5.68. The first-order valence-corrected chi connectivity index (χ1v) is 7.47. The number of sulfonamides is 1. The predicted octanol–water partition coefficient (Wildman–Crippen LogP) is 0.531. The first-order chi connectivity index (χ1) is 8.92. The summed E-state index contributed by atoms with van der Waals surface area (Å²) in [7, 11) is -2.10. The van der Waals surface area contributed by atoms with Gasteiger partial charge < -0.3 is 10.6 Å². The molecule has 1 rings (SSSR count). The molecule has 0 aliphatic heterocycles. The van der Waals surface area contributed by atoms with Crippen LogP contribution in [0.2, 0.25) is 0 Å². The van der Waals surface area contributed by atoms with Gasteiger partial charge in [0.1, 0.15) is 4.90 Å². The number of benzene rings is 1. The number of amides is 1. The van der Waals surface area contributed by atoms with E-state index in [1.807, 2.05) is 0 Å². The maximum Gasteiger partial charge on any atom is 0.243 e. The lowest BCUT2D eigenvalue weighted by molar-refractivity contribution is -0.122. The van der Waals surface area contributed by atoms with Crippen LogP contribution < -0.4 is 15.4 Å². The van der Waals surface area contributed by atoms with Crippen molar-refractivity contribution in [2.24, 2.45) is 0 Å². The van der Waals surface area contributed by atoms with Gasteiger partial charge in [-0.15, -0.1) is 0 Å². The largest absolute Gasteiger partial charge is 0.387 e. The average Bonchev–Trinajstić information content (AvgIpc) is 2.38.